The molecule has 1 fully saturated rings. The molecule has 3 aromatic rings. The van der Waals surface area contributed by atoms with Gasteiger partial charge < -0.3 is 14.7 Å². The Labute approximate surface area is 158 Å². The molecule has 1 N–H and O–H groups in total. The molecule has 0 saturated carbocycles. The summed E-state index contributed by atoms with van der Waals surface area (Å²) >= 11 is 0. The number of anilines is 1. The predicted molar refractivity (Wildman–Crippen MR) is 94.2 cm³/mol. The summed E-state index contributed by atoms with van der Waals surface area (Å²) in [6.07, 6.45) is -0.202. The third-order valence-electron chi connectivity index (χ3n) is 4.50. The number of benzene rings is 1. The lowest BCUT2D eigenvalue weighted by molar-refractivity contribution is -0.159. The van der Waals surface area contributed by atoms with E-state index in [1.807, 2.05) is 12.1 Å². The van der Waals surface area contributed by atoms with Gasteiger partial charge in [0.15, 0.2) is 0 Å². The highest BCUT2D eigenvalue weighted by molar-refractivity contribution is 5.54. The molecule has 1 unspecified atom stereocenters. The van der Waals surface area contributed by atoms with Crippen molar-refractivity contribution in [3.63, 3.8) is 0 Å². The Morgan fingerprint density at radius 1 is 1.14 bits per heavy atom. The van der Waals surface area contributed by atoms with E-state index in [0.29, 0.717) is 18.2 Å². The summed E-state index contributed by atoms with van der Waals surface area (Å²) in [7, 11) is 0. The average molecular weight is 390 g/mol. The Morgan fingerprint density at radius 2 is 1.89 bits per heavy atom. The van der Waals surface area contributed by atoms with Gasteiger partial charge in [0.05, 0.1) is 0 Å². The van der Waals surface area contributed by atoms with Gasteiger partial charge in [-0.25, -0.2) is 9.97 Å². The van der Waals surface area contributed by atoms with Crippen molar-refractivity contribution in [2.24, 2.45) is 0 Å². The Bertz CT molecular complexity index is 913. The van der Waals surface area contributed by atoms with Gasteiger partial charge in [-0.15, -0.1) is 0 Å². The maximum atomic E-state index is 12.5. The molecule has 1 atom stereocenters. The van der Waals surface area contributed by atoms with E-state index < -0.39 is 12.1 Å². The van der Waals surface area contributed by atoms with Crippen LogP contribution in [0.3, 0.4) is 0 Å². The van der Waals surface area contributed by atoms with Crippen molar-refractivity contribution in [3.8, 4) is 11.4 Å². The van der Waals surface area contributed by atoms with Crippen LogP contribution in [0.5, 0.6) is 0 Å². The van der Waals surface area contributed by atoms with Crippen molar-refractivity contribution < 1.29 is 17.7 Å². The predicted octanol–water partition coefficient (Wildman–Crippen LogP) is 2.91. The molecule has 1 aliphatic heterocycles. The van der Waals surface area contributed by atoms with E-state index in [-0.39, 0.29) is 5.82 Å². The molecule has 3 heterocycles. The summed E-state index contributed by atoms with van der Waals surface area (Å²) in [5.41, 5.74) is 1.48. The van der Waals surface area contributed by atoms with Gasteiger partial charge in [0, 0.05) is 43.6 Å². The van der Waals surface area contributed by atoms with Crippen molar-refractivity contribution in [2.45, 2.75) is 25.2 Å². The monoisotopic (exact) mass is 390 g/mol. The van der Waals surface area contributed by atoms with Crippen LogP contribution in [0.15, 0.2) is 47.2 Å². The zero-order valence-electron chi connectivity index (χ0n) is 14.7. The van der Waals surface area contributed by atoms with Gasteiger partial charge in [-0.05, 0) is 18.1 Å². The number of aromatic nitrogens is 4. The Morgan fingerprint density at radius 3 is 2.57 bits per heavy atom. The van der Waals surface area contributed by atoms with Gasteiger partial charge in [0.1, 0.15) is 0 Å². The zero-order chi connectivity index (χ0) is 19.6. The molecule has 28 heavy (non-hydrogen) atoms. The van der Waals surface area contributed by atoms with Gasteiger partial charge >= 0.3 is 12.1 Å². The molecule has 10 heteroatoms. The molecule has 4 rings (SSSR count). The first-order valence-electron chi connectivity index (χ1n) is 8.74. The van der Waals surface area contributed by atoms with Gasteiger partial charge in [0.2, 0.25) is 11.8 Å². The number of hydrogen-bond donors (Lipinski definition) is 1. The van der Waals surface area contributed by atoms with Crippen molar-refractivity contribution in [2.75, 3.05) is 18.0 Å². The fraction of sp³-hybridized carbons (Fsp3) is 0.333. The Balaban J connectivity index is 1.32. The molecule has 7 nitrogen and oxygen atoms in total. The molecular weight excluding hydrogens is 373 g/mol. The van der Waals surface area contributed by atoms with Crippen LogP contribution in [0.1, 0.15) is 17.9 Å². The van der Waals surface area contributed by atoms with Gasteiger partial charge in [0.25, 0.3) is 0 Å². The summed E-state index contributed by atoms with van der Waals surface area (Å²) in [5.74, 6) is -0.697. The molecular formula is C18H17F3N6O. The quantitative estimate of drug-likeness (QED) is 0.718. The van der Waals surface area contributed by atoms with Gasteiger partial charge in [-0.2, -0.15) is 18.2 Å². The van der Waals surface area contributed by atoms with E-state index in [1.54, 1.807) is 30.6 Å². The third kappa shape index (κ3) is 4.11. The van der Waals surface area contributed by atoms with Crippen LogP contribution in [0, 0.1) is 0 Å². The molecule has 2 aromatic heterocycles. The number of hydrogen-bond acceptors (Lipinski definition) is 7. The number of nitrogens with one attached hydrogen (secondary N) is 1. The van der Waals surface area contributed by atoms with Crippen LogP contribution in [0.4, 0.5) is 19.1 Å². The van der Waals surface area contributed by atoms with Crippen molar-refractivity contribution in [3.05, 3.63) is 54.2 Å². The van der Waals surface area contributed by atoms with Crippen molar-refractivity contribution in [1.82, 2.24) is 25.4 Å². The molecule has 0 radical (unpaired) electrons. The first-order chi connectivity index (χ1) is 13.5. The molecule has 0 bridgehead atoms. The smallest absolute Gasteiger partial charge is 0.339 e. The first kappa shape index (κ1) is 18.4. The molecule has 0 aliphatic carbocycles. The highest BCUT2D eigenvalue weighted by Gasteiger charge is 2.38. The molecule has 1 aromatic carbocycles. The van der Waals surface area contributed by atoms with Crippen molar-refractivity contribution in [1.29, 1.82) is 0 Å². The lowest BCUT2D eigenvalue weighted by Crippen LogP contribution is -2.32. The minimum Gasteiger partial charge on any atom is -0.339 e. The van der Waals surface area contributed by atoms with Crippen LogP contribution in [0.2, 0.25) is 0 Å². The fourth-order valence-corrected chi connectivity index (χ4v) is 3.05. The summed E-state index contributed by atoms with van der Waals surface area (Å²) in [4.78, 5) is 14.1. The summed E-state index contributed by atoms with van der Waals surface area (Å²) in [5, 5.41) is 6.87. The second kappa shape index (κ2) is 7.55. The second-order valence-electron chi connectivity index (χ2n) is 6.48. The summed E-state index contributed by atoms with van der Waals surface area (Å²) in [6.45, 7) is 2.36. The van der Waals surface area contributed by atoms with E-state index in [0.717, 1.165) is 31.0 Å². The van der Waals surface area contributed by atoms with Crippen molar-refractivity contribution >= 4 is 5.95 Å². The number of halogens is 3. The third-order valence-corrected chi connectivity index (χ3v) is 4.50. The van der Waals surface area contributed by atoms with Crippen LogP contribution >= 0.6 is 0 Å². The first-order valence-corrected chi connectivity index (χ1v) is 8.74. The average Bonchev–Trinajstić information content (AvgIpc) is 3.37. The lowest BCUT2D eigenvalue weighted by Gasteiger charge is -2.16. The van der Waals surface area contributed by atoms with Crippen LogP contribution < -0.4 is 10.2 Å². The lowest BCUT2D eigenvalue weighted by atomic mass is 10.1. The highest BCUT2D eigenvalue weighted by atomic mass is 19.4. The van der Waals surface area contributed by atoms with Crippen LogP contribution in [0.25, 0.3) is 11.4 Å². The van der Waals surface area contributed by atoms with Crippen LogP contribution in [-0.2, 0) is 12.7 Å². The molecule has 0 spiro atoms. The minimum atomic E-state index is -4.64. The second-order valence-corrected chi connectivity index (χ2v) is 6.48. The van der Waals surface area contributed by atoms with Gasteiger partial charge in [-0.3, -0.25) is 0 Å². The summed E-state index contributed by atoms with van der Waals surface area (Å²) in [6, 6.07) is 9.13. The number of rotatable bonds is 5. The van der Waals surface area contributed by atoms with Crippen LogP contribution in [-0.4, -0.2) is 39.2 Å². The maximum Gasteiger partial charge on any atom is 0.471 e. The Kier molecular flexibility index (Phi) is 4.95. The topological polar surface area (TPSA) is 80.0 Å². The van der Waals surface area contributed by atoms with E-state index in [1.165, 1.54) is 0 Å². The normalized spacial score (nSPS) is 17.2. The maximum absolute atomic E-state index is 12.5. The SMILES string of the molecule is FC(F)(F)c1nc(-c2ccc(CNC3CCN(c4ncccn4)C3)cc2)no1. The van der Waals surface area contributed by atoms with E-state index in [2.05, 4.69) is 34.8 Å². The largest absolute Gasteiger partial charge is 0.471 e. The van der Waals surface area contributed by atoms with Gasteiger partial charge in [-0.1, -0.05) is 29.4 Å². The molecule has 146 valence electrons. The fourth-order valence-electron chi connectivity index (χ4n) is 3.05. The zero-order valence-corrected chi connectivity index (χ0v) is 14.7. The summed E-state index contributed by atoms with van der Waals surface area (Å²) < 4.78 is 41.9. The number of nitrogens with zero attached hydrogens (tertiary/aromatic N) is 5. The molecule has 1 saturated heterocycles. The number of alkyl halides is 3. The van der Waals surface area contributed by atoms with E-state index in [9.17, 15) is 13.2 Å². The Hall–Kier alpha value is -3.01. The highest BCUT2D eigenvalue weighted by Crippen LogP contribution is 2.29. The molecule has 1 aliphatic rings. The van der Waals surface area contributed by atoms with E-state index >= 15 is 0 Å². The minimum absolute atomic E-state index is 0.0823. The van der Waals surface area contributed by atoms with E-state index in [4.69, 9.17) is 0 Å². The standard InChI is InChI=1S/C18H17F3N6O/c19-18(20,21)16-25-15(26-28-16)13-4-2-12(3-5-13)10-24-14-6-9-27(11-14)17-22-7-1-8-23-17/h1-5,7-8,14,24H,6,9-11H2. The molecule has 0 amide bonds.